The normalized spacial score (nSPS) is 13.4. The zero-order valence-corrected chi connectivity index (χ0v) is 16.6. The van der Waals surface area contributed by atoms with E-state index in [4.69, 9.17) is 19.2 Å². The number of hydrogen-bond acceptors (Lipinski definition) is 8. The third kappa shape index (κ3) is 6.12. The maximum Gasteiger partial charge on any atom is 0.315 e. The van der Waals surface area contributed by atoms with Crippen LogP contribution in [0.3, 0.4) is 0 Å². The smallest absolute Gasteiger partial charge is 0.315 e. The van der Waals surface area contributed by atoms with Gasteiger partial charge < -0.3 is 24.8 Å². The molecular weight excluding hydrogens is 354 g/mol. The van der Waals surface area contributed by atoms with Crippen LogP contribution in [-0.2, 0) is 32.0 Å². The summed E-state index contributed by atoms with van der Waals surface area (Å²) < 4.78 is 15.7. The Morgan fingerprint density at radius 2 is 2.23 bits per heavy atom. The number of thioether (sulfide) groups is 1. The second-order valence-electron chi connectivity index (χ2n) is 5.91. The fourth-order valence-electron chi connectivity index (χ4n) is 2.84. The molecule has 0 atom stereocenters. The maximum atomic E-state index is 11.3. The number of pyridine rings is 1. The van der Waals surface area contributed by atoms with E-state index in [0.29, 0.717) is 18.9 Å². The topological polar surface area (TPSA) is 81.7 Å². The van der Waals surface area contributed by atoms with Crippen molar-refractivity contribution >= 4 is 23.5 Å². The number of ether oxygens (including phenoxy) is 3. The Morgan fingerprint density at radius 1 is 1.42 bits per heavy atom. The van der Waals surface area contributed by atoms with Crippen molar-refractivity contribution in [3.05, 3.63) is 22.9 Å². The molecule has 1 aromatic heterocycles. The highest BCUT2D eigenvalue weighted by Crippen LogP contribution is 2.27. The van der Waals surface area contributed by atoms with Crippen LogP contribution >= 0.6 is 11.8 Å². The second kappa shape index (κ2) is 11.4. The first kappa shape index (κ1) is 21.0. The summed E-state index contributed by atoms with van der Waals surface area (Å²) in [6, 6.07) is 2.19. The van der Waals surface area contributed by atoms with E-state index in [-0.39, 0.29) is 5.97 Å². The average Bonchev–Trinajstić information content (AvgIpc) is 2.65. The number of carbonyl (C=O) groups is 1. The number of aryl methyl sites for hydroxylation is 1. The highest BCUT2D eigenvalue weighted by molar-refractivity contribution is 7.99. The Bertz CT molecular complexity index is 582. The molecule has 0 saturated carbocycles. The van der Waals surface area contributed by atoms with Crippen LogP contribution < -0.4 is 10.6 Å². The summed E-state index contributed by atoms with van der Waals surface area (Å²) in [5.41, 5.74) is 3.12. The molecule has 0 bridgehead atoms. The minimum absolute atomic E-state index is 0.158. The van der Waals surface area contributed by atoms with E-state index in [1.165, 1.54) is 5.56 Å². The number of nitrogens with zero attached hydrogens (tertiary/aromatic N) is 1. The molecule has 146 valence electrons. The number of carbonyl (C=O) groups excluding carboxylic acids is 1. The highest BCUT2D eigenvalue weighted by atomic mass is 32.2. The third-order valence-electron chi connectivity index (χ3n) is 4.04. The van der Waals surface area contributed by atoms with Crippen molar-refractivity contribution in [1.82, 2.24) is 10.3 Å². The second-order valence-corrected chi connectivity index (χ2v) is 7.01. The first-order valence-electron chi connectivity index (χ1n) is 8.95. The fourth-order valence-corrected chi connectivity index (χ4v) is 3.52. The summed E-state index contributed by atoms with van der Waals surface area (Å²) >= 11 is 1.57. The molecule has 1 aliphatic heterocycles. The quantitative estimate of drug-likeness (QED) is 0.342. The van der Waals surface area contributed by atoms with E-state index in [0.717, 1.165) is 48.8 Å². The Morgan fingerprint density at radius 3 is 2.96 bits per heavy atom. The van der Waals surface area contributed by atoms with Crippen molar-refractivity contribution in [2.75, 3.05) is 50.7 Å². The molecule has 0 spiro atoms. The van der Waals surface area contributed by atoms with Gasteiger partial charge in [0, 0.05) is 39.6 Å². The molecule has 2 rings (SSSR count). The maximum absolute atomic E-state index is 11.3. The molecule has 2 N–H and O–H groups in total. The number of fused-ring (bicyclic) bond motifs is 1. The van der Waals surface area contributed by atoms with Crippen LogP contribution in [-0.4, -0.2) is 56.4 Å². The van der Waals surface area contributed by atoms with Crippen molar-refractivity contribution in [1.29, 1.82) is 0 Å². The molecule has 0 aliphatic carbocycles. The number of rotatable bonds is 11. The molecule has 1 aliphatic rings. The summed E-state index contributed by atoms with van der Waals surface area (Å²) in [4.78, 5) is 16.1. The van der Waals surface area contributed by atoms with Gasteiger partial charge in [-0.1, -0.05) is 0 Å². The number of aromatic nitrogens is 1. The summed E-state index contributed by atoms with van der Waals surface area (Å²) in [6.45, 7) is 4.67. The van der Waals surface area contributed by atoms with Gasteiger partial charge in [-0.25, -0.2) is 4.98 Å². The predicted molar refractivity (Wildman–Crippen MR) is 103 cm³/mol. The van der Waals surface area contributed by atoms with Crippen molar-refractivity contribution in [3.63, 3.8) is 0 Å². The monoisotopic (exact) mass is 383 g/mol. The van der Waals surface area contributed by atoms with Crippen LogP contribution in [0.5, 0.6) is 0 Å². The number of hydrogen-bond donors (Lipinski definition) is 2. The Hall–Kier alpha value is -1.35. The number of anilines is 1. The van der Waals surface area contributed by atoms with Gasteiger partial charge in [-0.05, 0) is 37.0 Å². The molecule has 2 heterocycles. The van der Waals surface area contributed by atoms with Crippen LogP contribution in [0.2, 0.25) is 0 Å². The van der Waals surface area contributed by atoms with Gasteiger partial charge in [0.2, 0.25) is 6.29 Å². The first-order chi connectivity index (χ1) is 12.7. The van der Waals surface area contributed by atoms with Gasteiger partial charge in [0.15, 0.2) is 0 Å². The number of esters is 1. The van der Waals surface area contributed by atoms with Crippen LogP contribution in [0, 0.1) is 0 Å². The minimum Gasteiger partial charge on any atom is -0.465 e. The van der Waals surface area contributed by atoms with Gasteiger partial charge in [0.05, 0.1) is 12.4 Å². The van der Waals surface area contributed by atoms with Gasteiger partial charge in [-0.3, -0.25) is 4.79 Å². The summed E-state index contributed by atoms with van der Waals surface area (Å²) in [5, 5.41) is 6.76. The lowest BCUT2D eigenvalue weighted by Gasteiger charge is -2.23. The molecule has 0 amide bonds. The lowest BCUT2D eigenvalue weighted by molar-refractivity contribution is -0.139. The first-order valence-corrected chi connectivity index (χ1v) is 10.1. The average molecular weight is 384 g/mol. The zero-order valence-electron chi connectivity index (χ0n) is 15.8. The SMILES string of the molecule is CCOC(=O)CSCCNCc1cc2c(nc1C(OC)OC)NCCC2. The Balaban J connectivity index is 1.91. The van der Waals surface area contributed by atoms with E-state index in [1.54, 1.807) is 26.0 Å². The van der Waals surface area contributed by atoms with E-state index in [9.17, 15) is 4.79 Å². The van der Waals surface area contributed by atoms with Crippen LogP contribution in [0.25, 0.3) is 0 Å². The molecule has 0 saturated heterocycles. The lowest BCUT2D eigenvalue weighted by Crippen LogP contribution is -2.22. The van der Waals surface area contributed by atoms with Crippen molar-refractivity contribution < 1.29 is 19.0 Å². The Kier molecular flexibility index (Phi) is 9.17. The fraction of sp³-hybridized carbons (Fsp3) is 0.667. The van der Waals surface area contributed by atoms with Crippen molar-refractivity contribution in [3.8, 4) is 0 Å². The summed E-state index contributed by atoms with van der Waals surface area (Å²) in [5.74, 6) is 2.00. The van der Waals surface area contributed by atoms with Gasteiger partial charge in [0.1, 0.15) is 11.5 Å². The van der Waals surface area contributed by atoms with Gasteiger partial charge in [0.25, 0.3) is 0 Å². The lowest BCUT2D eigenvalue weighted by atomic mass is 10.0. The predicted octanol–water partition coefficient (Wildman–Crippen LogP) is 2.12. The minimum atomic E-state index is -0.487. The highest BCUT2D eigenvalue weighted by Gasteiger charge is 2.20. The van der Waals surface area contributed by atoms with E-state index in [2.05, 4.69) is 16.7 Å². The summed E-state index contributed by atoms with van der Waals surface area (Å²) in [6.07, 6.45) is 1.66. The molecule has 1 aromatic rings. The zero-order chi connectivity index (χ0) is 18.8. The van der Waals surface area contributed by atoms with Crippen LogP contribution in [0.1, 0.15) is 36.5 Å². The molecule has 0 fully saturated rings. The van der Waals surface area contributed by atoms with Gasteiger partial charge in [-0.2, -0.15) is 0 Å². The standard InChI is InChI=1S/C18H29N3O4S/c1-4-25-15(22)12-26-9-8-19-11-14-10-13-6-5-7-20-17(13)21-16(14)18(23-2)24-3/h10,18-19H,4-9,11-12H2,1-3H3,(H,20,21). The van der Waals surface area contributed by atoms with Crippen LogP contribution in [0.4, 0.5) is 5.82 Å². The number of methoxy groups -OCH3 is 2. The van der Waals surface area contributed by atoms with Crippen molar-refractivity contribution in [2.45, 2.75) is 32.6 Å². The third-order valence-corrected chi connectivity index (χ3v) is 4.98. The molecule has 7 nitrogen and oxygen atoms in total. The molecule has 0 unspecified atom stereocenters. The molecule has 0 aromatic carbocycles. The molecule has 26 heavy (non-hydrogen) atoms. The van der Waals surface area contributed by atoms with E-state index in [1.807, 2.05) is 6.92 Å². The van der Waals surface area contributed by atoms with Gasteiger partial charge >= 0.3 is 5.97 Å². The summed E-state index contributed by atoms with van der Waals surface area (Å²) in [7, 11) is 3.23. The van der Waals surface area contributed by atoms with Gasteiger partial charge in [-0.15, -0.1) is 11.8 Å². The number of nitrogens with one attached hydrogen (secondary N) is 2. The Labute approximate surface area is 159 Å². The van der Waals surface area contributed by atoms with E-state index < -0.39 is 6.29 Å². The van der Waals surface area contributed by atoms with Crippen molar-refractivity contribution in [2.24, 2.45) is 0 Å². The van der Waals surface area contributed by atoms with Crippen LogP contribution in [0.15, 0.2) is 6.07 Å². The molecule has 0 radical (unpaired) electrons. The largest absolute Gasteiger partial charge is 0.465 e. The molecular formula is C18H29N3O4S. The molecule has 8 heteroatoms. The van der Waals surface area contributed by atoms with E-state index >= 15 is 0 Å².